The number of ether oxygens (including phenoxy) is 1. The first-order valence-corrected chi connectivity index (χ1v) is 9.14. The number of hydrogen-bond acceptors (Lipinski definition) is 5. The van der Waals surface area contributed by atoms with E-state index in [9.17, 15) is 4.79 Å². The van der Waals surface area contributed by atoms with Crippen molar-refractivity contribution in [3.63, 3.8) is 0 Å². The second-order valence-corrected chi connectivity index (χ2v) is 6.87. The van der Waals surface area contributed by atoms with Gasteiger partial charge in [-0.2, -0.15) is 0 Å². The van der Waals surface area contributed by atoms with E-state index in [1.807, 2.05) is 0 Å². The Labute approximate surface area is 178 Å². The van der Waals surface area contributed by atoms with Crippen molar-refractivity contribution in [2.75, 3.05) is 39.9 Å². The molecule has 1 saturated heterocycles. The lowest BCUT2D eigenvalue weighted by Crippen LogP contribution is -2.50. The third kappa shape index (κ3) is 8.06. The van der Waals surface area contributed by atoms with Gasteiger partial charge in [-0.15, -0.1) is 24.0 Å². The number of nitrogens with one attached hydrogen (secondary N) is 2. The number of nitrogens with zero attached hydrogens (tertiary/aromatic N) is 2. The summed E-state index contributed by atoms with van der Waals surface area (Å²) < 4.78 is 10.8. The van der Waals surface area contributed by atoms with Gasteiger partial charge in [0.05, 0.1) is 19.8 Å². The highest BCUT2D eigenvalue weighted by Crippen LogP contribution is 2.13. The second-order valence-electron chi connectivity index (χ2n) is 6.87. The SMILES string of the molecule is CN=C(NCc1ccc(C(N)=O)o1)NCC(CC(C)C)N1CCOCC1.I. The van der Waals surface area contributed by atoms with Crippen LogP contribution >= 0.6 is 24.0 Å². The van der Waals surface area contributed by atoms with Gasteiger partial charge >= 0.3 is 0 Å². The highest BCUT2D eigenvalue weighted by Gasteiger charge is 2.22. The maximum Gasteiger partial charge on any atom is 0.284 e. The first-order valence-electron chi connectivity index (χ1n) is 9.14. The van der Waals surface area contributed by atoms with E-state index in [0.717, 1.165) is 39.3 Å². The average Bonchev–Trinajstić information content (AvgIpc) is 3.10. The van der Waals surface area contributed by atoms with E-state index in [1.54, 1.807) is 19.2 Å². The largest absolute Gasteiger partial charge is 0.454 e. The van der Waals surface area contributed by atoms with Crippen LogP contribution in [0.5, 0.6) is 0 Å². The number of furan rings is 1. The molecule has 8 nitrogen and oxygen atoms in total. The Bertz CT molecular complexity index is 600. The summed E-state index contributed by atoms with van der Waals surface area (Å²) in [5.41, 5.74) is 5.20. The van der Waals surface area contributed by atoms with Gasteiger partial charge in [0.2, 0.25) is 0 Å². The molecule has 2 heterocycles. The molecule has 0 bridgehead atoms. The summed E-state index contributed by atoms with van der Waals surface area (Å²) in [7, 11) is 1.73. The quantitative estimate of drug-likeness (QED) is 0.288. The van der Waals surface area contributed by atoms with Crippen molar-refractivity contribution in [3.05, 3.63) is 23.7 Å². The standard InChI is InChI=1S/C18H31N5O3.HI/c1-13(2)10-14(23-6-8-25-9-7-23)11-21-18(20-3)22-12-15-4-5-16(26-15)17(19)24;/h4-5,13-14H,6-12H2,1-3H3,(H2,19,24)(H2,20,21,22);1H. The van der Waals surface area contributed by atoms with Gasteiger partial charge in [0.1, 0.15) is 5.76 Å². The van der Waals surface area contributed by atoms with Crippen molar-refractivity contribution in [1.29, 1.82) is 0 Å². The van der Waals surface area contributed by atoms with Crippen LogP contribution < -0.4 is 16.4 Å². The zero-order valence-electron chi connectivity index (χ0n) is 16.4. The minimum Gasteiger partial charge on any atom is -0.454 e. The van der Waals surface area contributed by atoms with Crippen molar-refractivity contribution in [1.82, 2.24) is 15.5 Å². The van der Waals surface area contributed by atoms with Gasteiger partial charge in [0.15, 0.2) is 11.7 Å². The summed E-state index contributed by atoms with van der Waals surface area (Å²) in [6, 6.07) is 3.74. The Morgan fingerprint density at radius 3 is 2.56 bits per heavy atom. The molecule has 1 aliphatic rings. The molecule has 4 N–H and O–H groups in total. The van der Waals surface area contributed by atoms with Gasteiger partial charge in [0, 0.05) is 32.7 Å². The van der Waals surface area contributed by atoms with Crippen LogP contribution in [0, 0.1) is 5.92 Å². The predicted octanol–water partition coefficient (Wildman–Crippen LogP) is 1.41. The maximum atomic E-state index is 11.1. The van der Waals surface area contributed by atoms with E-state index < -0.39 is 5.91 Å². The zero-order valence-corrected chi connectivity index (χ0v) is 18.7. The lowest BCUT2D eigenvalue weighted by molar-refractivity contribution is 0.0132. The van der Waals surface area contributed by atoms with E-state index in [1.165, 1.54) is 0 Å². The third-order valence-corrected chi connectivity index (χ3v) is 4.37. The molecule has 1 fully saturated rings. The van der Waals surface area contributed by atoms with E-state index in [4.69, 9.17) is 14.9 Å². The Hall–Kier alpha value is -1.33. The van der Waals surface area contributed by atoms with E-state index >= 15 is 0 Å². The molecule has 1 aromatic rings. The molecule has 0 aromatic carbocycles. The molecule has 0 spiro atoms. The molecule has 1 aromatic heterocycles. The van der Waals surface area contributed by atoms with Crippen LogP contribution in [0.25, 0.3) is 0 Å². The Morgan fingerprint density at radius 2 is 2.00 bits per heavy atom. The molecule has 1 unspecified atom stereocenters. The minimum absolute atomic E-state index is 0. The number of halogens is 1. The number of carbonyl (C=O) groups is 1. The van der Waals surface area contributed by atoms with E-state index in [-0.39, 0.29) is 29.7 Å². The van der Waals surface area contributed by atoms with Crippen LogP contribution in [0.15, 0.2) is 21.5 Å². The van der Waals surface area contributed by atoms with Crippen LogP contribution in [0.2, 0.25) is 0 Å². The zero-order chi connectivity index (χ0) is 18.9. The highest BCUT2D eigenvalue weighted by atomic mass is 127. The number of aliphatic imine (C=N–C) groups is 1. The number of guanidine groups is 1. The predicted molar refractivity (Wildman–Crippen MR) is 116 cm³/mol. The molecule has 27 heavy (non-hydrogen) atoms. The van der Waals surface area contributed by atoms with Crippen molar-refractivity contribution in [2.45, 2.75) is 32.9 Å². The summed E-state index contributed by atoms with van der Waals surface area (Å²) in [5.74, 6) is 1.54. The topological polar surface area (TPSA) is 105 Å². The number of primary amides is 1. The molecule has 154 valence electrons. The molecular weight excluding hydrogens is 461 g/mol. The van der Waals surface area contributed by atoms with E-state index in [2.05, 4.69) is 34.4 Å². The van der Waals surface area contributed by atoms with Gasteiger partial charge in [0.25, 0.3) is 5.91 Å². The third-order valence-electron chi connectivity index (χ3n) is 4.37. The number of amides is 1. The number of carbonyl (C=O) groups excluding carboxylic acids is 1. The fourth-order valence-corrected chi connectivity index (χ4v) is 3.06. The Morgan fingerprint density at radius 1 is 1.30 bits per heavy atom. The van der Waals surface area contributed by atoms with Crippen molar-refractivity contribution < 1.29 is 13.9 Å². The van der Waals surface area contributed by atoms with Crippen LogP contribution in [0.3, 0.4) is 0 Å². The van der Waals surface area contributed by atoms with Gasteiger partial charge in [-0.3, -0.25) is 14.7 Å². The van der Waals surface area contributed by atoms with Crippen LogP contribution in [0.1, 0.15) is 36.6 Å². The summed E-state index contributed by atoms with van der Waals surface area (Å²) in [5, 5.41) is 6.59. The first-order chi connectivity index (χ1) is 12.5. The monoisotopic (exact) mass is 493 g/mol. The molecule has 0 saturated carbocycles. The van der Waals surface area contributed by atoms with E-state index in [0.29, 0.717) is 30.2 Å². The molecule has 1 aliphatic heterocycles. The van der Waals surface area contributed by atoms with Gasteiger partial charge < -0.3 is 25.5 Å². The number of hydrogen-bond donors (Lipinski definition) is 3. The Kier molecular flexibility index (Phi) is 10.7. The van der Waals surface area contributed by atoms with Crippen LogP contribution in [-0.2, 0) is 11.3 Å². The smallest absolute Gasteiger partial charge is 0.284 e. The number of morpholine rings is 1. The first kappa shape index (κ1) is 23.7. The fraction of sp³-hybridized carbons (Fsp3) is 0.667. The van der Waals surface area contributed by atoms with Crippen molar-refractivity contribution in [2.24, 2.45) is 16.6 Å². The molecular formula is C18H32IN5O3. The molecule has 0 radical (unpaired) electrons. The average molecular weight is 493 g/mol. The normalized spacial score (nSPS) is 16.7. The summed E-state index contributed by atoms with van der Waals surface area (Å²) in [6.45, 7) is 9.24. The lowest BCUT2D eigenvalue weighted by Gasteiger charge is -2.35. The van der Waals surface area contributed by atoms with Crippen molar-refractivity contribution >= 4 is 35.8 Å². The van der Waals surface area contributed by atoms with Crippen LogP contribution in [0.4, 0.5) is 0 Å². The minimum atomic E-state index is -0.569. The van der Waals surface area contributed by atoms with Gasteiger partial charge in [-0.05, 0) is 24.5 Å². The van der Waals surface area contributed by atoms with Crippen LogP contribution in [-0.4, -0.2) is 62.7 Å². The summed E-state index contributed by atoms with van der Waals surface area (Å²) in [6.07, 6.45) is 1.12. The molecule has 1 amide bonds. The summed E-state index contributed by atoms with van der Waals surface area (Å²) >= 11 is 0. The molecule has 9 heteroatoms. The molecule has 1 atom stereocenters. The second kappa shape index (κ2) is 12.2. The van der Waals surface area contributed by atoms with Gasteiger partial charge in [-0.1, -0.05) is 13.8 Å². The maximum absolute atomic E-state index is 11.1. The van der Waals surface area contributed by atoms with Crippen molar-refractivity contribution in [3.8, 4) is 0 Å². The fourth-order valence-electron chi connectivity index (χ4n) is 3.06. The lowest BCUT2D eigenvalue weighted by atomic mass is 10.0. The summed E-state index contributed by atoms with van der Waals surface area (Å²) in [4.78, 5) is 17.8. The highest BCUT2D eigenvalue weighted by molar-refractivity contribution is 14.0. The number of rotatable bonds is 8. The molecule has 0 aliphatic carbocycles. The molecule has 2 rings (SSSR count). The number of nitrogens with two attached hydrogens (primary N) is 1. The Balaban J connectivity index is 0.00000364. The van der Waals surface area contributed by atoms with Gasteiger partial charge in [-0.25, -0.2) is 0 Å².